The molecule has 1 rings (SSSR count). The van der Waals surface area contributed by atoms with Crippen molar-refractivity contribution in [3.63, 3.8) is 0 Å². The van der Waals surface area contributed by atoms with Gasteiger partial charge in [0.2, 0.25) is 0 Å². The van der Waals surface area contributed by atoms with Gasteiger partial charge in [-0.15, -0.1) is 0 Å². The Labute approximate surface area is 112 Å². The SMILES string of the molecule is COc1cccc(C(=O)CN[C@@H](C(=O)O)C(C)C)c1. The average Bonchev–Trinajstić information content (AvgIpc) is 2.38. The Balaban J connectivity index is 2.66. The summed E-state index contributed by atoms with van der Waals surface area (Å²) in [4.78, 5) is 22.9. The van der Waals surface area contributed by atoms with Crippen LogP contribution in [-0.4, -0.2) is 36.6 Å². The van der Waals surface area contributed by atoms with Crippen molar-refractivity contribution in [1.82, 2.24) is 5.32 Å². The van der Waals surface area contributed by atoms with Crippen molar-refractivity contribution in [2.24, 2.45) is 5.92 Å². The summed E-state index contributed by atoms with van der Waals surface area (Å²) in [6.45, 7) is 3.58. The maximum atomic E-state index is 12.0. The van der Waals surface area contributed by atoms with Crippen molar-refractivity contribution < 1.29 is 19.4 Å². The number of ether oxygens (including phenoxy) is 1. The van der Waals surface area contributed by atoms with Gasteiger partial charge >= 0.3 is 5.97 Å². The minimum Gasteiger partial charge on any atom is -0.497 e. The van der Waals surface area contributed by atoms with Crippen molar-refractivity contribution in [2.75, 3.05) is 13.7 Å². The Kier molecular flexibility index (Phi) is 5.51. The molecular formula is C14H19NO4. The first-order valence-corrected chi connectivity index (χ1v) is 6.09. The molecule has 0 amide bonds. The molecule has 0 aliphatic heterocycles. The third-order valence-electron chi connectivity index (χ3n) is 2.81. The van der Waals surface area contributed by atoms with Crippen LogP contribution in [0.2, 0.25) is 0 Å². The fraction of sp³-hybridized carbons (Fsp3) is 0.429. The first kappa shape index (κ1) is 15.2. The predicted molar refractivity (Wildman–Crippen MR) is 71.6 cm³/mol. The third-order valence-corrected chi connectivity index (χ3v) is 2.81. The second kappa shape index (κ2) is 6.89. The van der Waals surface area contributed by atoms with Gasteiger partial charge in [-0.25, -0.2) is 0 Å². The highest BCUT2D eigenvalue weighted by Gasteiger charge is 2.21. The third kappa shape index (κ3) is 4.37. The van der Waals surface area contributed by atoms with E-state index in [0.29, 0.717) is 11.3 Å². The van der Waals surface area contributed by atoms with Gasteiger partial charge in [0.25, 0.3) is 0 Å². The van der Waals surface area contributed by atoms with E-state index in [2.05, 4.69) is 5.32 Å². The van der Waals surface area contributed by atoms with Crippen LogP contribution in [0.5, 0.6) is 5.75 Å². The molecule has 0 aliphatic rings. The van der Waals surface area contributed by atoms with Gasteiger partial charge in [0.05, 0.1) is 13.7 Å². The highest BCUT2D eigenvalue weighted by molar-refractivity contribution is 5.98. The first-order valence-electron chi connectivity index (χ1n) is 6.09. The molecule has 0 heterocycles. The number of Topliss-reactive ketones (excluding diaryl/α,β-unsaturated/α-hetero) is 1. The van der Waals surface area contributed by atoms with E-state index in [9.17, 15) is 9.59 Å². The van der Waals surface area contributed by atoms with Crippen molar-refractivity contribution in [3.8, 4) is 5.75 Å². The van der Waals surface area contributed by atoms with Crippen molar-refractivity contribution in [3.05, 3.63) is 29.8 Å². The fourth-order valence-electron chi connectivity index (χ4n) is 1.71. The number of hydrogen-bond acceptors (Lipinski definition) is 4. The number of carbonyl (C=O) groups is 2. The standard InChI is InChI=1S/C14H19NO4/c1-9(2)13(14(17)18)15-8-12(16)10-5-4-6-11(7-10)19-3/h4-7,9,13,15H,8H2,1-3H3,(H,17,18)/t13-/m1/s1. The first-order chi connectivity index (χ1) is 8.95. The Morgan fingerprint density at radius 1 is 1.37 bits per heavy atom. The maximum absolute atomic E-state index is 12.0. The molecule has 1 aromatic rings. The number of carboxylic acid groups (broad SMARTS) is 1. The number of aliphatic carboxylic acids is 1. The molecule has 19 heavy (non-hydrogen) atoms. The van der Waals surface area contributed by atoms with E-state index < -0.39 is 12.0 Å². The summed E-state index contributed by atoms with van der Waals surface area (Å²) in [5, 5.41) is 11.8. The number of nitrogens with one attached hydrogen (secondary N) is 1. The van der Waals surface area contributed by atoms with Crippen molar-refractivity contribution in [1.29, 1.82) is 0 Å². The molecule has 104 valence electrons. The zero-order valence-electron chi connectivity index (χ0n) is 11.3. The zero-order valence-corrected chi connectivity index (χ0v) is 11.3. The molecule has 0 aromatic heterocycles. The summed E-state index contributed by atoms with van der Waals surface area (Å²) in [6, 6.07) is 6.06. The Bertz CT molecular complexity index is 457. The van der Waals surface area contributed by atoms with Gasteiger partial charge in [0, 0.05) is 5.56 Å². The van der Waals surface area contributed by atoms with E-state index in [1.807, 2.05) is 0 Å². The number of benzene rings is 1. The number of ketones is 1. The molecule has 0 fully saturated rings. The maximum Gasteiger partial charge on any atom is 0.320 e. The molecule has 0 aliphatic carbocycles. The second-order valence-corrected chi connectivity index (χ2v) is 4.60. The zero-order chi connectivity index (χ0) is 14.4. The molecule has 0 radical (unpaired) electrons. The lowest BCUT2D eigenvalue weighted by Crippen LogP contribution is -2.43. The minimum absolute atomic E-state index is 0.0116. The summed E-state index contributed by atoms with van der Waals surface area (Å²) in [6.07, 6.45) is 0. The number of carbonyl (C=O) groups excluding carboxylic acids is 1. The highest BCUT2D eigenvalue weighted by Crippen LogP contribution is 2.13. The summed E-state index contributed by atoms with van der Waals surface area (Å²) < 4.78 is 5.04. The Morgan fingerprint density at radius 3 is 2.58 bits per heavy atom. The summed E-state index contributed by atoms with van der Waals surface area (Å²) in [5.41, 5.74) is 0.500. The largest absolute Gasteiger partial charge is 0.497 e. The topological polar surface area (TPSA) is 75.6 Å². The van der Waals surface area contributed by atoms with Gasteiger partial charge in [0.15, 0.2) is 5.78 Å². The number of carboxylic acids is 1. The molecule has 0 bridgehead atoms. The lowest BCUT2D eigenvalue weighted by Gasteiger charge is -2.17. The van der Waals surface area contributed by atoms with Crippen LogP contribution in [0, 0.1) is 5.92 Å². The molecular weight excluding hydrogens is 246 g/mol. The molecule has 0 saturated carbocycles. The van der Waals surface area contributed by atoms with Gasteiger partial charge in [-0.05, 0) is 18.1 Å². The van der Waals surface area contributed by atoms with Gasteiger partial charge in [-0.1, -0.05) is 26.0 Å². The Morgan fingerprint density at radius 2 is 2.05 bits per heavy atom. The summed E-state index contributed by atoms with van der Waals surface area (Å²) in [7, 11) is 1.53. The fourth-order valence-corrected chi connectivity index (χ4v) is 1.71. The molecule has 2 N–H and O–H groups in total. The number of rotatable bonds is 7. The van der Waals surface area contributed by atoms with E-state index in [-0.39, 0.29) is 18.2 Å². The van der Waals surface area contributed by atoms with E-state index in [4.69, 9.17) is 9.84 Å². The summed E-state index contributed by atoms with van der Waals surface area (Å²) in [5.74, 6) is -0.598. The van der Waals surface area contributed by atoms with Crippen molar-refractivity contribution >= 4 is 11.8 Å². The molecule has 5 heteroatoms. The smallest absolute Gasteiger partial charge is 0.320 e. The predicted octanol–water partition coefficient (Wildman–Crippen LogP) is 1.58. The van der Waals surface area contributed by atoms with Gasteiger partial charge in [-0.2, -0.15) is 0 Å². The molecule has 1 atom stereocenters. The van der Waals surface area contributed by atoms with E-state index in [1.54, 1.807) is 38.1 Å². The van der Waals surface area contributed by atoms with Gasteiger partial charge in [0.1, 0.15) is 11.8 Å². The molecule has 1 aromatic carbocycles. The number of methoxy groups -OCH3 is 1. The van der Waals surface area contributed by atoms with Gasteiger partial charge in [-0.3, -0.25) is 14.9 Å². The lowest BCUT2D eigenvalue weighted by atomic mass is 10.0. The van der Waals surface area contributed by atoms with Crippen LogP contribution in [0.4, 0.5) is 0 Å². The average molecular weight is 265 g/mol. The number of hydrogen-bond donors (Lipinski definition) is 2. The van der Waals surface area contributed by atoms with Crippen LogP contribution >= 0.6 is 0 Å². The lowest BCUT2D eigenvalue weighted by molar-refractivity contribution is -0.140. The van der Waals surface area contributed by atoms with Crippen LogP contribution < -0.4 is 10.1 Å². The minimum atomic E-state index is -0.951. The quantitative estimate of drug-likeness (QED) is 0.732. The van der Waals surface area contributed by atoms with Crippen LogP contribution in [0.15, 0.2) is 24.3 Å². The van der Waals surface area contributed by atoms with E-state index in [1.165, 1.54) is 7.11 Å². The normalized spacial score (nSPS) is 12.2. The van der Waals surface area contributed by atoms with Crippen LogP contribution in [0.1, 0.15) is 24.2 Å². The molecule has 0 unspecified atom stereocenters. The second-order valence-electron chi connectivity index (χ2n) is 4.60. The van der Waals surface area contributed by atoms with Gasteiger partial charge < -0.3 is 9.84 Å². The van der Waals surface area contributed by atoms with E-state index >= 15 is 0 Å². The van der Waals surface area contributed by atoms with Crippen LogP contribution in [0.3, 0.4) is 0 Å². The molecule has 5 nitrogen and oxygen atoms in total. The van der Waals surface area contributed by atoms with Crippen molar-refractivity contribution in [2.45, 2.75) is 19.9 Å². The molecule has 0 spiro atoms. The van der Waals surface area contributed by atoms with Crippen LogP contribution in [-0.2, 0) is 4.79 Å². The van der Waals surface area contributed by atoms with Crippen LogP contribution in [0.25, 0.3) is 0 Å². The van der Waals surface area contributed by atoms with E-state index in [0.717, 1.165) is 0 Å². The Hall–Kier alpha value is -1.88. The monoisotopic (exact) mass is 265 g/mol. The highest BCUT2D eigenvalue weighted by atomic mass is 16.5. The summed E-state index contributed by atoms with van der Waals surface area (Å²) >= 11 is 0. The molecule has 0 saturated heterocycles.